The van der Waals surface area contributed by atoms with Gasteiger partial charge in [0.05, 0.1) is 18.1 Å². The lowest BCUT2D eigenvalue weighted by atomic mass is 9.88. The predicted molar refractivity (Wildman–Crippen MR) is 77.8 cm³/mol. The van der Waals surface area contributed by atoms with Crippen LogP contribution in [0.1, 0.15) is 41.0 Å². The van der Waals surface area contributed by atoms with Crippen LogP contribution in [0.15, 0.2) is 0 Å². The van der Waals surface area contributed by atoms with Crippen molar-refractivity contribution in [3.05, 3.63) is 0 Å². The number of amides is 1. The van der Waals surface area contributed by atoms with E-state index in [0.717, 1.165) is 11.8 Å². The lowest BCUT2D eigenvalue weighted by Crippen LogP contribution is -2.45. The molecule has 1 heterocycles. The summed E-state index contributed by atoms with van der Waals surface area (Å²) in [5.74, 6) is 0.879. The molecule has 1 amide bonds. The quantitative estimate of drug-likeness (QED) is 0.791. The third-order valence-electron chi connectivity index (χ3n) is 4.10. The standard InChI is InChI=1S/C14H26BrNO2/c1-8(2)12(6-7-15)16-14(17)13-9(3)10(4)18-11(13)5/h8-13H,6-7H2,1-5H3,(H,16,17). The number of halogens is 1. The molecule has 0 aromatic carbocycles. The Morgan fingerprint density at radius 2 is 1.89 bits per heavy atom. The van der Waals surface area contributed by atoms with Crippen LogP contribution in [0.4, 0.5) is 0 Å². The molecule has 1 fully saturated rings. The zero-order valence-corrected chi connectivity index (χ0v) is 13.7. The molecule has 1 aliphatic heterocycles. The van der Waals surface area contributed by atoms with Gasteiger partial charge in [-0.1, -0.05) is 36.7 Å². The van der Waals surface area contributed by atoms with Gasteiger partial charge in [0.2, 0.25) is 5.91 Å². The minimum atomic E-state index is -0.0171. The van der Waals surface area contributed by atoms with Gasteiger partial charge in [-0.3, -0.25) is 4.79 Å². The topological polar surface area (TPSA) is 38.3 Å². The van der Waals surface area contributed by atoms with E-state index < -0.39 is 0 Å². The second-order valence-corrected chi connectivity index (χ2v) is 6.56. The van der Waals surface area contributed by atoms with Crippen LogP contribution in [0.2, 0.25) is 0 Å². The fourth-order valence-electron chi connectivity index (χ4n) is 2.69. The van der Waals surface area contributed by atoms with Gasteiger partial charge in [0.25, 0.3) is 0 Å². The maximum atomic E-state index is 12.4. The molecule has 5 unspecified atom stereocenters. The average molecular weight is 320 g/mol. The van der Waals surface area contributed by atoms with Crippen molar-refractivity contribution in [1.82, 2.24) is 5.32 Å². The fourth-order valence-corrected chi connectivity index (χ4v) is 3.18. The predicted octanol–water partition coefficient (Wildman–Crippen LogP) is 2.97. The lowest BCUT2D eigenvalue weighted by Gasteiger charge is -2.25. The maximum Gasteiger partial charge on any atom is 0.226 e. The van der Waals surface area contributed by atoms with Crippen LogP contribution in [-0.2, 0) is 9.53 Å². The lowest BCUT2D eigenvalue weighted by molar-refractivity contribution is -0.128. The number of carbonyl (C=O) groups is 1. The molecule has 0 aromatic heterocycles. The van der Waals surface area contributed by atoms with Crippen molar-refractivity contribution in [3.8, 4) is 0 Å². The number of ether oxygens (including phenoxy) is 1. The molecule has 1 N–H and O–H groups in total. The van der Waals surface area contributed by atoms with Crippen LogP contribution in [0.3, 0.4) is 0 Å². The minimum absolute atomic E-state index is 0.0171. The van der Waals surface area contributed by atoms with Gasteiger partial charge in [0.1, 0.15) is 0 Å². The highest BCUT2D eigenvalue weighted by molar-refractivity contribution is 9.09. The first-order valence-electron chi connectivity index (χ1n) is 6.90. The number of hydrogen-bond donors (Lipinski definition) is 1. The van der Waals surface area contributed by atoms with Gasteiger partial charge in [-0.2, -0.15) is 0 Å². The first kappa shape index (κ1) is 16.0. The van der Waals surface area contributed by atoms with Crippen molar-refractivity contribution >= 4 is 21.8 Å². The molecule has 4 heteroatoms. The van der Waals surface area contributed by atoms with Gasteiger partial charge in [0.15, 0.2) is 0 Å². The Bertz CT molecular complexity index is 283. The van der Waals surface area contributed by atoms with Crippen molar-refractivity contribution in [1.29, 1.82) is 0 Å². The maximum absolute atomic E-state index is 12.4. The molecular weight excluding hydrogens is 294 g/mol. The third-order valence-corrected chi connectivity index (χ3v) is 4.56. The smallest absolute Gasteiger partial charge is 0.226 e. The summed E-state index contributed by atoms with van der Waals surface area (Å²) in [4.78, 5) is 12.4. The Labute approximate surface area is 119 Å². The molecule has 106 valence electrons. The molecule has 0 saturated carbocycles. The van der Waals surface area contributed by atoms with Gasteiger partial charge in [0, 0.05) is 11.4 Å². The van der Waals surface area contributed by atoms with E-state index in [1.165, 1.54) is 0 Å². The fraction of sp³-hybridized carbons (Fsp3) is 0.929. The highest BCUT2D eigenvalue weighted by atomic mass is 79.9. The molecule has 1 rings (SSSR count). The minimum Gasteiger partial charge on any atom is -0.374 e. The first-order chi connectivity index (χ1) is 8.38. The van der Waals surface area contributed by atoms with Crippen molar-refractivity contribution in [3.63, 3.8) is 0 Å². The number of hydrogen-bond acceptors (Lipinski definition) is 2. The Morgan fingerprint density at radius 1 is 1.28 bits per heavy atom. The number of alkyl halides is 1. The molecule has 1 saturated heterocycles. The van der Waals surface area contributed by atoms with Crippen LogP contribution in [0, 0.1) is 17.8 Å². The molecule has 5 atom stereocenters. The van der Waals surface area contributed by atoms with E-state index in [1.54, 1.807) is 0 Å². The number of carbonyl (C=O) groups excluding carboxylic acids is 1. The second kappa shape index (κ2) is 6.90. The molecule has 0 aliphatic carbocycles. The monoisotopic (exact) mass is 319 g/mol. The molecule has 0 aromatic rings. The van der Waals surface area contributed by atoms with Crippen molar-refractivity contribution < 1.29 is 9.53 Å². The van der Waals surface area contributed by atoms with E-state index in [1.807, 2.05) is 13.8 Å². The van der Waals surface area contributed by atoms with E-state index in [4.69, 9.17) is 4.74 Å². The molecule has 0 bridgehead atoms. The van der Waals surface area contributed by atoms with E-state index in [2.05, 4.69) is 42.0 Å². The van der Waals surface area contributed by atoms with E-state index in [-0.39, 0.29) is 36.0 Å². The van der Waals surface area contributed by atoms with Crippen molar-refractivity contribution in [2.45, 2.75) is 59.3 Å². The van der Waals surface area contributed by atoms with E-state index in [9.17, 15) is 4.79 Å². The summed E-state index contributed by atoms with van der Waals surface area (Å²) in [6.45, 7) is 10.4. The van der Waals surface area contributed by atoms with E-state index >= 15 is 0 Å². The zero-order valence-electron chi connectivity index (χ0n) is 12.1. The first-order valence-corrected chi connectivity index (χ1v) is 8.02. The zero-order chi connectivity index (χ0) is 13.9. The molecule has 0 radical (unpaired) electrons. The normalized spacial score (nSPS) is 33.7. The third kappa shape index (κ3) is 3.70. The second-order valence-electron chi connectivity index (χ2n) is 5.77. The molecule has 3 nitrogen and oxygen atoms in total. The SMILES string of the molecule is CC(C)C(CCBr)NC(=O)C1C(C)OC(C)C1C. The van der Waals surface area contributed by atoms with Crippen LogP contribution >= 0.6 is 15.9 Å². The highest BCUT2D eigenvalue weighted by Crippen LogP contribution is 2.32. The van der Waals surface area contributed by atoms with Crippen molar-refractivity contribution in [2.75, 3.05) is 5.33 Å². The summed E-state index contributed by atoms with van der Waals surface area (Å²) >= 11 is 3.45. The van der Waals surface area contributed by atoms with Gasteiger partial charge >= 0.3 is 0 Å². The summed E-state index contributed by atoms with van der Waals surface area (Å²) in [7, 11) is 0. The summed E-state index contributed by atoms with van der Waals surface area (Å²) < 4.78 is 5.74. The Morgan fingerprint density at radius 3 is 2.28 bits per heavy atom. The summed E-state index contributed by atoms with van der Waals surface area (Å²) in [6, 6.07) is 0.243. The summed E-state index contributed by atoms with van der Waals surface area (Å²) in [6.07, 6.45) is 1.16. The molecular formula is C14H26BrNO2. The number of nitrogens with one attached hydrogen (secondary N) is 1. The van der Waals surface area contributed by atoms with E-state index in [0.29, 0.717) is 5.92 Å². The largest absolute Gasteiger partial charge is 0.374 e. The Balaban J connectivity index is 2.63. The number of rotatable bonds is 5. The average Bonchev–Trinajstić information content (AvgIpc) is 2.52. The van der Waals surface area contributed by atoms with Gasteiger partial charge in [-0.15, -0.1) is 0 Å². The molecule has 1 aliphatic rings. The highest BCUT2D eigenvalue weighted by Gasteiger charge is 2.42. The van der Waals surface area contributed by atoms with Gasteiger partial charge < -0.3 is 10.1 Å². The van der Waals surface area contributed by atoms with Crippen LogP contribution < -0.4 is 5.32 Å². The van der Waals surface area contributed by atoms with Crippen LogP contribution in [-0.4, -0.2) is 29.5 Å². The van der Waals surface area contributed by atoms with Crippen LogP contribution in [0.25, 0.3) is 0 Å². The Kier molecular flexibility index (Phi) is 6.12. The van der Waals surface area contributed by atoms with Crippen LogP contribution in [0.5, 0.6) is 0 Å². The van der Waals surface area contributed by atoms with Gasteiger partial charge in [-0.25, -0.2) is 0 Å². The van der Waals surface area contributed by atoms with Crippen molar-refractivity contribution in [2.24, 2.45) is 17.8 Å². The van der Waals surface area contributed by atoms with Gasteiger partial charge in [-0.05, 0) is 32.1 Å². The molecule has 18 heavy (non-hydrogen) atoms. The summed E-state index contributed by atoms with van der Waals surface area (Å²) in [5, 5.41) is 4.11. The Hall–Kier alpha value is -0.0900. The summed E-state index contributed by atoms with van der Waals surface area (Å²) in [5.41, 5.74) is 0. The molecule has 0 spiro atoms.